The number of hydrogen-bond acceptors (Lipinski definition) is 3. The number of nitrogens with one attached hydrogen (secondary N) is 1. The summed E-state index contributed by atoms with van der Waals surface area (Å²) in [6.07, 6.45) is -0.0737. The smallest absolute Gasteiger partial charge is 0.234 e. The van der Waals surface area contributed by atoms with Crippen molar-refractivity contribution in [2.45, 2.75) is 19.4 Å². The predicted molar refractivity (Wildman–Crippen MR) is 51.1 cm³/mol. The first kappa shape index (κ1) is 9.75. The van der Waals surface area contributed by atoms with E-state index in [1.807, 2.05) is 30.5 Å². The van der Waals surface area contributed by atoms with Gasteiger partial charge in [0.2, 0.25) is 5.91 Å². The van der Waals surface area contributed by atoms with Crippen molar-refractivity contribution < 1.29 is 4.79 Å². The van der Waals surface area contributed by atoms with E-state index in [4.69, 9.17) is 5.26 Å². The number of thiophene rings is 1. The summed E-state index contributed by atoms with van der Waals surface area (Å²) in [5.41, 5.74) is 0. The molecular weight excluding hydrogens is 184 g/mol. The Morgan fingerprint density at radius 3 is 3.15 bits per heavy atom. The van der Waals surface area contributed by atoms with Crippen molar-refractivity contribution >= 4 is 17.2 Å². The molecule has 3 nitrogen and oxygen atoms in total. The van der Waals surface area contributed by atoms with Gasteiger partial charge in [0.15, 0.2) is 0 Å². The lowest BCUT2D eigenvalue weighted by Gasteiger charge is -2.09. The number of carbonyl (C=O) groups is 1. The van der Waals surface area contributed by atoms with Gasteiger partial charge in [-0.25, -0.2) is 0 Å². The molecule has 1 atom stereocenters. The maximum Gasteiger partial charge on any atom is 0.234 e. The van der Waals surface area contributed by atoms with Crippen LogP contribution in [0.15, 0.2) is 17.5 Å². The van der Waals surface area contributed by atoms with Crippen molar-refractivity contribution in [3.63, 3.8) is 0 Å². The molecule has 1 rings (SSSR count). The van der Waals surface area contributed by atoms with E-state index in [-0.39, 0.29) is 18.4 Å². The highest BCUT2D eigenvalue weighted by Crippen LogP contribution is 2.17. The molecule has 0 aliphatic heterocycles. The van der Waals surface area contributed by atoms with E-state index in [1.165, 1.54) is 0 Å². The molecule has 0 fully saturated rings. The zero-order chi connectivity index (χ0) is 9.68. The van der Waals surface area contributed by atoms with Crippen LogP contribution in [0.4, 0.5) is 0 Å². The van der Waals surface area contributed by atoms with Gasteiger partial charge in [-0.1, -0.05) is 6.07 Å². The first-order valence-electron chi connectivity index (χ1n) is 3.93. The Morgan fingerprint density at radius 2 is 2.62 bits per heavy atom. The molecule has 0 aliphatic carbocycles. The van der Waals surface area contributed by atoms with Crippen LogP contribution in [0.5, 0.6) is 0 Å². The summed E-state index contributed by atoms with van der Waals surface area (Å²) in [5.74, 6) is -0.219. The van der Waals surface area contributed by atoms with Crippen LogP contribution >= 0.6 is 11.3 Å². The topological polar surface area (TPSA) is 52.9 Å². The lowest BCUT2D eigenvalue weighted by molar-refractivity contribution is -0.120. The monoisotopic (exact) mass is 194 g/mol. The summed E-state index contributed by atoms with van der Waals surface area (Å²) >= 11 is 1.59. The number of nitrogens with zero attached hydrogens (tertiary/aromatic N) is 1. The minimum Gasteiger partial charge on any atom is -0.348 e. The Bertz CT molecular complexity index is 313. The van der Waals surface area contributed by atoms with Gasteiger partial charge in [-0.15, -0.1) is 11.3 Å². The van der Waals surface area contributed by atoms with Crippen molar-refractivity contribution in [3.8, 4) is 6.07 Å². The Morgan fingerprint density at radius 1 is 1.85 bits per heavy atom. The van der Waals surface area contributed by atoms with E-state index >= 15 is 0 Å². The Labute approximate surface area is 81.0 Å². The maximum atomic E-state index is 11.0. The lowest BCUT2D eigenvalue weighted by Crippen LogP contribution is -2.25. The average molecular weight is 194 g/mol. The minimum atomic E-state index is -0.219. The van der Waals surface area contributed by atoms with E-state index in [1.54, 1.807) is 11.3 Å². The largest absolute Gasteiger partial charge is 0.348 e. The van der Waals surface area contributed by atoms with Gasteiger partial charge < -0.3 is 5.32 Å². The SMILES string of the molecule is C[C@H](NC(=O)CC#N)c1cccs1. The third-order valence-corrected chi connectivity index (χ3v) is 2.64. The molecule has 0 aliphatic rings. The van der Waals surface area contributed by atoms with Crippen molar-refractivity contribution in [1.29, 1.82) is 5.26 Å². The summed E-state index contributed by atoms with van der Waals surface area (Å²) in [5, 5.41) is 13.0. The highest BCUT2D eigenvalue weighted by atomic mass is 32.1. The van der Waals surface area contributed by atoms with Gasteiger partial charge in [-0.2, -0.15) is 5.26 Å². The third-order valence-electron chi connectivity index (χ3n) is 1.59. The van der Waals surface area contributed by atoms with E-state index in [0.717, 1.165) is 4.88 Å². The van der Waals surface area contributed by atoms with Crippen LogP contribution in [-0.2, 0) is 4.79 Å². The molecular formula is C9H10N2OS. The zero-order valence-corrected chi connectivity index (χ0v) is 8.10. The number of rotatable bonds is 3. The average Bonchev–Trinajstić information content (AvgIpc) is 2.55. The molecule has 0 saturated carbocycles. The molecule has 0 bridgehead atoms. The summed E-state index contributed by atoms with van der Waals surface area (Å²) in [6, 6.07) is 5.71. The van der Waals surface area contributed by atoms with Crippen LogP contribution in [0.25, 0.3) is 0 Å². The highest BCUT2D eigenvalue weighted by molar-refractivity contribution is 7.10. The molecule has 1 heterocycles. The van der Waals surface area contributed by atoms with Crippen molar-refractivity contribution in [2.24, 2.45) is 0 Å². The van der Waals surface area contributed by atoms with Crippen molar-refractivity contribution in [2.75, 3.05) is 0 Å². The van der Waals surface area contributed by atoms with Crippen LogP contribution in [0.2, 0.25) is 0 Å². The molecule has 68 valence electrons. The minimum absolute atomic E-state index is 0.000787. The van der Waals surface area contributed by atoms with Gasteiger partial charge in [-0.05, 0) is 18.4 Å². The molecule has 1 aromatic heterocycles. The van der Waals surface area contributed by atoms with Gasteiger partial charge in [0.05, 0.1) is 12.1 Å². The van der Waals surface area contributed by atoms with Crippen LogP contribution < -0.4 is 5.32 Å². The van der Waals surface area contributed by atoms with Gasteiger partial charge in [0, 0.05) is 4.88 Å². The quantitative estimate of drug-likeness (QED) is 0.798. The fraction of sp³-hybridized carbons (Fsp3) is 0.333. The van der Waals surface area contributed by atoms with Crippen molar-refractivity contribution in [1.82, 2.24) is 5.32 Å². The van der Waals surface area contributed by atoms with Crippen LogP contribution in [0.3, 0.4) is 0 Å². The number of hydrogen-bond donors (Lipinski definition) is 1. The van der Waals surface area contributed by atoms with Crippen LogP contribution in [0.1, 0.15) is 24.3 Å². The van der Waals surface area contributed by atoms with Gasteiger partial charge in [0.25, 0.3) is 0 Å². The molecule has 13 heavy (non-hydrogen) atoms. The lowest BCUT2D eigenvalue weighted by atomic mass is 10.2. The van der Waals surface area contributed by atoms with E-state index in [9.17, 15) is 4.79 Å². The Hall–Kier alpha value is -1.34. The van der Waals surface area contributed by atoms with Crippen LogP contribution in [0, 0.1) is 11.3 Å². The Kier molecular flexibility index (Phi) is 3.47. The fourth-order valence-electron chi connectivity index (χ4n) is 0.973. The molecule has 1 amide bonds. The maximum absolute atomic E-state index is 11.0. The number of nitriles is 1. The van der Waals surface area contributed by atoms with E-state index in [2.05, 4.69) is 5.32 Å². The first-order valence-corrected chi connectivity index (χ1v) is 4.81. The van der Waals surface area contributed by atoms with Crippen molar-refractivity contribution in [3.05, 3.63) is 22.4 Å². The second kappa shape index (κ2) is 4.63. The third kappa shape index (κ3) is 2.88. The fourth-order valence-corrected chi connectivity index (χ4v) is 1.71. The molecule has 0 unspecified atom stereocenters. The molecule has 0 radical (unpaired) electrons. The van der Waals surface area contributed by atoms with E-state index < -0.39 is 0 Å². The van der Waals surface area contributed by atoms with Gasteiger partial charge in [-0.3, -0.25) is 4.79 Å². The predicted octanol–water partition coefficient (Wildman–Crippen LogP) is 1.84. The standard InChI is InChI=1S/C9H10N2OS/c1-7(8-3-2-6-13-8)11-9(12)4-5-10/h2-3,6-7H,4H2,1H3,(H,11,12)/t7-/m0/s1. The summed E-state index contributed by atoms with van der Waals surface area (Å²) in [6.45, 7) is 1.90. The first-order chi connectivity index (χ1) is 6.24. The van der Waals surface area contributed by atoms with Gasteiger partial charge in [0.1, 0.15) is 6.42 Å². The molecule has 4 heteroatoms. The number of carbonyl (C=O) groups excluding carboxylic acids is 1. The second-order valence-corrected chi connectivity index (χ2v) is 3.62. The summed E-state index contributed by atoms with van der Waals surface area (Å²) in [7, 11) is 0. The molecule has 1 N–H and O–H groups in total. The highest BCUT2D eigenvalue weighted by Gasteiger charge is 2.08. The van der Waals surface area contributed by atoms with Gasteiger partial charge >= 0.3 is 0 Å². The number of amides is 1. The van der Waals surface area contributed by atoms with E-state index in [0.29, 0.717) is 0 Å². The normalized spacial score (nSPS) is 11.7. The molecule has 0 aromatic carbocycles. The molecule has 0 saturated heterocycles. The Balaban J connectivity index is 2.47. The molecule has 0 spiro atoms. The summed E-state index contributed by atoms with van der Waals surface area (Å²) < 4.78 is 0. The molecule has 1 aromatic rings. The summed E-state index contributed by atoms with van der Waals surface area (Å²) in [4.78, 5) is 12.1. The second-order valence-electron chi connectivity index (χ2n) is 2.64. The zero-order valence-electron chi connectivity index (χ0n) is 7.28. The van der Waals surface area contributed by atoms with Crippen LogP contribution in [-0.4, -0.2) is 5.91 Å².